The van der Waals surface area contributed by atoms with Crippen LogP contribution in [0.3, 0.4) is 0 Å². The van der Waals surface area contributed by atoms with Gasteiger partial charge in [-0.05, 0) is 55.0 Å². The highest BCUT2D eigenvalue weighted by atomic mass is 79.9. The lowest BCUT2D eigenvalue weighted by atomic mass is 10.2. The Morgan fingerprint density at radius 1 is 1.15 bits per heavy atom. The van der Waals surface area contributed by atoms with Gasteiger partial charge in [0.05, 0.1) is 17.0 Å². The number of nitrogens with one attached hydrogen (secondary N) is 1. The summed E-state index contributed by atoms with van der Waals surface area (Å²) in [6.07, 6.45) is -4.56. The molecule has 0 heterocycles. The second-order valence-electron chi connectivity index (χ2n) is 5.79. The van der Waals surface area contributed by atoms with Gasteiger partial charge in [0.2, 0.25) is 15.9 Å². The third-order valence-electron chi connectivity index (χ3n) is 3.72. The molecule has 5 nitrogen and oxygen atoms in total. The summed E-state index contributed by atoms with van der Waals surface area (Å²) in [5, 5.41) is 2.61. The number of anilines is 1. The molecule has 146 valence electrons. The van der Waals surface area contributed by atoms with Crippen molar-refractivity contribution >= 4 is 37.5 Å². The largest absolute Gasteiger partial charge is 0.416 e. The van der Waals surface area contributed by atoms with Crippen LogP contribution in [-0.4, -0.2) is 32.2 Å². The molecule has 0 aromatic heterocycles. The molecule has 1 N–H and O–H groups in total. The summed E-state index contributed by atoms with van der Waals surface area (Å²) in [5.41, 5.74) is 0.363. The van der Waals surface area contributed by atoms with E-state index >= 15 is 0 Å². The summed E-state index contributed by atoms with van der Waals surface area (Å²) in [6.45, 7) is 1.29. The van der Waals surface area contributed by atoms with Gasteiger partial charge in [0, 0.05) is 17.2 Å². The van der Waals surface area contributed by atoms with Gasteiger partial charge in [-0.15, -0.1) is 0 Å². The number of rotatable bonds is 5. The van der Waals surface area contributed by atoms with Crippen molar-refractivity contribution in [1.29, 1.82) is 0 Å². The first kappa shape index (κ1) is 21.4. The molecule has 2 aromatic rings. The maximum Gasteiger partial charge on any atom is 0.416 e. The normalized spacial score (nSPS) is 12.3. The Morgan fingerprint density at radius 3 is 2.26 bits per heavy atom. The summed E-state index contributed by atoms with van der Waals surface area (Å²) >= 11 is 3.30. The lowest BCUT2D eigenvalue weighted by molar-refractivity contribution is -0.137. The molecule has 0 spiro atoms. The van der Waals surface area contributed by atoms with Gasteiger partial charge in [-0.25, -0.2) is 8.42 Å². The van der Waals surface area contributed by atoms with E-state index in [2.05, 4.69) is 21.2 Å². The Bertz CT molecular complexity index is 945. The Morgan fingerprint density at radius 2 is 1.74 bits per heavy atom. The SMILES string of the molecule is Cc1cc(Br)ccc1NC(=O)CN(C)S(=O)(=O)c1ccc(C(F)(F)F)cc1. The van der Waals surface area contributed by atoms with Crippen molar-refractivity contribution in [2.75, 3.05) is 18.9 Å². The zero-order chi connectivity index (χ0) is 20.4. The predicted molar refractivity (Wildman–Crippen MR) is 98.8 cm³/mol. The second-order valence-corrected chi connectivity index (χ2v) is 8.75. The molecular formula is C17H16BrF3N2O3S. The molecule has 2 aromatic carbocycles. The zero-order valence-corrected chi connectivity index (χ0v) is 16.7. The van der Waals surface area contributed by atoms with Crippen LogP contribution in [0.1, 0.15) is 11.1 Å². The zero-order valence-electron chi connectivity index (χ0n) is 14.3. The number of likely N-dealkylation sites (N-methyl/N-ethyl adjacent to an activating group) is 1. The Kier molecular flexibility index (Phi) is 6.33. The van der Waals surface area contributed by atoms with E-state index in [1.165, 1.54) is 7.05 Å². The number of carbonyl (C=O) groups excluding carboxylic acids is 1. The van der Waals surface area contributed by atoms with Gasteiger partial charge >= 0.3 is 6.18 Å². The number of sulfonamides is 1. The number of amides is 1. The van der Waals surface area contributed by atoms with E-state index in [-0.39, 0.29) is 4.90 Å². The maximum atomic E-state index is 12.6. The van der Waals surface area contributed by atoms with Gasteiger partial charge in [0.25, 0.3) is 0 Å². The van der Waals surface area contributed by atoms with E-state index in [1.807, 2.05) is 0 Å². The average molecular weight is 465 g/mol. The molecular weight excluding hydrogens is 449 g/mol. The van der Waals surface area contributed by atoms with Crippen molar-refractivity contribution in [2.24, 2.45) is 0 Å². The lowest BCUT2D eigenvalue weighted by Crippen LogP contribution is -2.35. The average Bonchev–Trinajstić information content (AvgIpc) is 2.56. The van der Waals surface area contributed by atoms with Crippen LogP contribution in [-0.2, 0) is 21.0 Å². The summed E-state index contributed by atoms with van der Waals surface area (Å²) < 4.78 is 64.3. The van der Waals surface area contributed by atoms with E-state index in [0.717, 1.165) is 26.5 Å². The number of aryl methyl sites for hydroxylation is 1. The van der Waals surface area contributed by atoms with Crippen LogP contribution in [0.4, 0.5) is 18.9 Å². The standard InChI is InChI=1S/C17H16BrF3N2O3S/c1-11-9-13(18)5-8-15(11)22-16(24)10-23(2)27(25,26)14-6-3-12(4-7-14)17(19,20)21/h3-9H,10H2,1-2H3,(H,22,24). The molecule has 0 aliphatic heterocycles. The first-order chi connectivity index (χ1) is 12.4. The van der Waals surface area contributed by atoms with Crippen LogP contribution >= 0.6 is 15.9 Å². The minimum Gasteiger partial charge on any atom is -0.325 e. The van der Waals surface area contributed by atoms with Crippen molar-refractivity contribution in [3.63, 3.8) is 0 Å². The Labute approximate surface area is 163 Å². The Hall–Kier alpha value is -1.91. The third-order valence-corrected chi connectivity index (χ3v) is 6.03. The molecule has 0 atom stereocenters. The highest BCUT2D eigenvalue weighted by Gasteiger charge is 2.31. The van der Waals surface area contributed by atoms with Crippen molar-refractivity contribution < 1.29 is 26.4 Å². The smallest absolute Gasteiger partial charge is 0.325 e. The molecule has 0 radical (unpaired) electrons. The van der Waals surface area contributed by atoms with Crippen molar-refractivity contribution in [3.8, 4) is 0 Å². The number of alkyl halides is 3. The fraction of sp³-hybridized carbons (Fsp3) is 0.235. The predicted octanol–water partition coefficient (Wildman–Crippen LogP) is 4.04. The van der Waals surface area contributed by atoms with Crippen LogP contribution < -0.4 is 5.32 Å². The number of carbonyl (C=O) groups is 1. The summed E-state index contributed by atoms with van der Waals surface area (Å²) in [5.74, 6) is -0.571. The summed E-state index contributed by atoms with van der Waals surface area (Å²) in [7, 11) is -2.93. The van der Waals surface area contributed by atoms with Crippen molar-refractivity contribution in [2.45, 2.75) is 18.0 Å². The third kappa shape index (κ3) is 5.30. The van der Waals surface area contributed by atoms with Crippen molar-refractivity contribution in [1.82, 2.24) is 4.31 Å². The fourth-order valence-electron chi connectivity index (χ4n) is 2.24. The quantitative estimate of drug-likeness (QED) is 0.725. The second kappa shape index (κ2) is 7.99. The first-order valence-corrected chi connectivity index (χ1v) is 9.84. The van der Waals surface area contributed by atoms with E-state index < -0.39 is 34.2 Å². The number of benzene rings is 2. The molecule has 0 saturated heterocycles. The highest BCUT2D eigenvalue weighted by molar-refractivity contribution is 9.10. The van der Waals surface area contributed by atoms with Crippen LogP contribution in [0, 0.1) is 6.92 Å². The van der Waals surface area contributed by atoms with Gasteiger partial charge in [0.15, 0.2) is 0 Å². The number of hydrogen-bond acceptors (Lipinski definition) is 3. The van der Waals surface area contributed by atoms with E-state index in [0.29, 0.717) is 17.8 Å². The molecule has 0 unspecified atom stereocenters. The van der Waals surface area contributed by atoms with Gasteiger partial charge in [-0.2, -0.15) is 17.5 Å². The molecule has 0 aliphatic rings. The molecule has 27 heavy (non-hydrogen) atoms. The van der Waals surface area contributed by atoms with Crippen LogP contribution in [0.25, 0.3) is 0 Å². The molecule has 0 fully saturated rings. The van der Waals surface area contributed by atoms with Gasteiger partial charge in [0.1, 0.15) is 0 Å². The number of hydrogen-bond donors (Lipinski definition) is 1. The fourth-order valence-corrected chi connectivity index (χ4v) is 3.84. The molecule has 2 rings (SSSR count). The monoisotopic (exact) mass is 464 g/mol. The molecule has 0 saturated carbocycles. The maximum absolute atomic E-state index is 12.6. The first-order valence-electron chi connectivity index (χ1n) is 7.61. The minimum atomic E-state index is -4.56. The number of halogens is 4. The van der Waals surface area contributed by atoms with Gasteiger partial charge in [-0.1, -0.05) is 15.9 Å². The molecule has 0 bridgehead atoms. The van der Waals surface area contributed by atoms with E-state index in [1.54, 1.807) is 25.1 Å². The molecule has 0 aliphatic carbocycles. The van der Waals surface area contributed by atoms with E-state index in [9.17, 15) is 26.4 Å². The van der Waals surface area contributed by atoms with Gasteiger partial charge in [-0.3, -0.25) is 4.79 Å². The van der Waals surface area contributed by atoms with Crippen LogP contribution in [0.15, 0.2) is 51.8 Å². The molecule has 1 amide bonds. The minimum absolute atomic E-state index is 0.328. The van der Waals surface area contributed by atoms with E-state index in [4.69, 9.17) is 0 Å². The van der Waals surface area contributed by atoms with Crippen molar-refractivity contribution in [3.05, 3.63) is 58.1 Å². The lowest BCUT2D eigenvalue weighted by Gasteiger charge is -2.18. The van der Waals surface area contributed by atoms with Crippen LogP contribution in [0.5, 0.6) is 0 Å². The van der Waals surface area contributed by atoms with Gasteiger partial charge < -0.3 is 5.32 Å². The topological polar surface area (TPSA) is 66.5 Å². The summed E-state index contributed by atoms with van der Waals surface area (Å²) in [4.78, 5) is 11.8. The van der Waals surface area contributed by atoms with Crippen LogP contribution in [0.2, 0.25) is 0 Å². The summed E-state index contributed by atoms with van der Waals surface area (Å²) in [6, 6.07) is 8.29. The molecule has 10 heteroatoms. The highest BCUT2D eigenvalue weighted by Crippen LogP contribution is 2.30. The number of nitrogens with zero attached hydrogens (tertiary/aromatic N) is 1. The Balaban J connectivity index is 2.11.